The zero-order valence-electron chi connectivity index (χ0n) is 7.96. The Bertz CT molecular complexity index is 504. The Labute approximate surface area is 85.5 Å². The zero-order valence-corrected chi connectivity index (χ0v) is 7.96. The number of nitrogens with one attached hydrogen (secondary N) is 1. The number of aromatic amines is 1. The van der Waals surface area contributed by atoms with Crippen molar-refractivity contribution in [3.05, 3.63) is 35.8 Å². The molecule has 0 atom stereocenters. The van der Waals surface area contributed by atoms with Crippen LogP contribution in [0.5, 0.6) is 0 Å². The predicted molar refractivity (Wildman–Crippen MR) is 54.2 cm³/mol. The summed E-state index contributed by atoms with van der Waals surface area (Å²) in [5, 5.41) is 9.29. The van der Waals surface area contributed by atoms with Gasteiger partial charge < -0.3 is 10.1 Å². The minimum atomic E-state index is -0.833. The molecule has 4 heteroatoms. The predicted octanol–water partition coefficient (Wildman–Crippen LogP) is 2.32. The van der Waals surface area contributed by atoms with Crippen molar-refractivity contribution in [3.8, 4) is 0 Å². The van der Waals surface area contributed by atoms with Gasteiger partial charge in [0.05, 0.1) is 6.42 Å². The second-order valence-electron chi connectivity index (χ2n) is 3.42. The Balaban J connectivity index is 2.27. The largest absolute Gasteiger partial charge is 0.481 e. The molecule has 0 saturated carbocycles. The van der Waals surface area contributed by atoms with Gasteiger partial charge in [-0.3, -0.25) is 4.79 Å². The molecule has 2 N–H and O–H groups in total. The first-order valence-corrected chi connectivity index (χ1v) is 4.64. The number of aromatic nitrogens is 1. The minimum absolute atomic E-state index is 0.0787. The number of aryl methyl sites for hydroxylation is 1. The molecule has 3 nitrogen and oxygen atoms in total. The van der Waals surface area contributed by atoms with E-state index >= 15 is 0 Å². The fraction of sp³-hybridized carbons (Fsp3) is 0.182. The summed E-state index contributed by atoms with van der Waals surface area (Å²) in [5.41, 5.74) is 1.65. The molecule has 0 radical (unpaired) electrons. The molecule has 2 aromatic rings. The molecule has 1 aromatic carbocycles. The maximum absolute atomic E-state index is 12.9. The molecule has 0 aliphatic heterocycles. The van der Waals surface area contributed by atoms with E-state index in [1.54, 1.807) is 12.1 Å². The van der Waals surface area contributed by atoms with Gasteiger partial charge in [0.2, 0.25) is 0 Å². The first kappa shape index (κ1) is 9.71. The van der Waals surface area contributed by atoms with E-state index < -0.39 is 5.97 Å². The van der Waals surface area contributed by atoms with Crippen LogP contribution >= 0.6 is 0 Å². The summed E-state index contributed by atoms with van der Waals surface area (Å²) >= 11 is 0. The van der Waals surface area contributed by atoms with Crippen LogP contribution in [0.3, 0.4) is 0 Å². The van der Waals surface area contributed by atoms with Gasteiger partial charge in [0.15, 0.2) is 0 Å². The first-order valence-electron chi connectivity index (χ1n) is 4.64. The Morgan fingerprint density at radius 2 is 2.20 bits per heavy atom. The SMILES string of the molecule is O=C(O)CCc1cc2cc(F)ccc2[nH]1. The minimum Gasteiger partial charge on any atom is -0.481 e. The summed E-state index contributed by atoms with van der Waals surface area (Å²) in [6, 6.07) is 6.23. The van der Waals surface area contributed by atoms with Crippen molar-refractivity contribution < 1.29 is 14.3 Å². The van der Waals surface area contributed by atoms with E-state index in [1.807, 2.05) is 0 Å². The highest BCUT2D eigenvalue weighted by molar-refractivity contribution is 5.80. The van der Waals surface area contributed by atoms with Gasteiger partial charge in [-0.1, -0.05) is 0 Å². The highest BCUT2D eigenvalue weighted by atomic mass is 19.1. The average molecular weight is 207 g/mol. The van der Waals surface area contributed by atoms with Crippen molar-refractivity contribution >= 4 is 16.9 Å². The third-order valence-corrected chi connectivity index (χ3v) is 2.25. The summed E-state index contributed by atoms with van der Waals surface area (Å²) in [5.74, 6) is -1.12. The lowest BCUT2D eigenvalue weighted by molar-refractivity contribution is -0.136. The van der Waals surface area contributed by atoms with Crippen LogP contribution in [0, 0.1) is 5.82 Å². The Hall–Kier alpha value is -1.84. The van der Waals surface area contributed by atoms with Crippen LogP contribution in [0.25, 0.3) is 10.9 Å². The Morgan fingerprint density at radius 3 is 2.93 bits per heavy atom. The third-order valence-electron chi connectivity index (χ3n) is 2.25. The standard InChI is InChI=1S/C11H10FNO2/c12-8-1-3-10-7(5-8)6-9(13-10)2-4-11(14)15/h1,3,5-6,13H,2,4H2,(H,14,15). The molecule has 0 spiro atoms. The number of rotatable bonds is 3. The fourth-order valence-electron chi connectivity index (χ4n) is 1.54. The summed E-state index contributed by atoms with van der Waals surface area (Å²) in [6.07, 6.45) is 0.515. The molecule has 0 fully saturated rings. The van der Waals surface area contributed by atoms with Gasteiger partial charge in [-0.25, -0.2) is 4.39 Å². The van der Waals surface area contributed by atoms with Crippen LogP contribution in [0.15, 0.2) is 24.3 Å². The highest BCUT2D eigenvalue weighted by Crippen LogP contribution is 2.17. The van der Waals surface area contributed by atoms with Crippen molar-refractivity contribution in [1.82, 2.24) is 4.98 Å². The normalized spacial score (nSPS) is 10.7. The van der Waals surface area contributed by atoms with Crippen molar-refractivity contribution in [2.75, 3.05) is 0 Å². The monoisotopic (exact) mass is 207 g/mol. The molecular formula is C11H10FNO2. The average Bonchev–Trinajstić information content (AvgIpc) is 2.56. The maximum atomic E-state index is 12.9. The summed E-state index contributed by atoms with van der Waals surface area (Å²) in [6.45, 7) is 0. The van der Waals surface area contributed by atoms with Crippen LogP contribution in [0.2, 0.25) is 0 Å². The van der Waals surface area contributed by atoms with Gasteiger partial charge in [-0.2, -0.15) is 0 Å². The van der Waals surface area contributed by atoms with Gasteiger partial charge in [0.1, 0.15) is 5.82 Å². The second kappa shape index (κ2) is 3.73. The highest BCUT2D eigenvalue weighted by Gasteiger charge is 2.04. The number of H-pyrrole nitrogens is 1. The maximum Gasteiger partial charge on any atom is 0.303 e. The number of benzene rings is 1. The number of halogens is 1. The topological polar surface area (TPSA) is 53.1 Å². The number of hydrogen-bond acceptors (Lipinski definition) is 1. The molecule has 0 bridgehead atoms. The number of carboxylic acid groups (broad SMARTS) is 1. The third kappa shape index (κ3) is 2.15. The van der Waals surface area contributed by atoms with Crippen LogP contribution < -0.4 is 0 Å². The van der Waals surface area contributed by atoms with Gasteiger partial charge in [-0.05, 0) is 30.7 Å². The van der Waals surface area contributed by atoms with Gasteiger partial charge in [0, 0.05) is 16.6 Å². The van der Waals surface area contributed by atoms with E-state index in [1.165, 1.54) is 12.1 Å². The molecule has 2 rings (SSSR count). The molecule has 78 valence electrons. The Morgan fingerprint density at radius 1 is 1.40 bits per heavy atom. The smallest absolute Gasteiger partial charge is 0.303 e. The molecule has 0 amide bonds. The summed E-state index contributed by atoms with van der Waals surface area (Å²) in [4.78, 5) is 13.4. The molecule has 1 heterocycles. The lowest BCUT2D eigenvalue weighted by atomic mass is 10.2. The van der Waals surface area contributed by atoms with E-state index in [9.17, 15) is 9.18 Å². The fourth-order valence-corrected chi connectivity index (χ4v) is 1.54. The van der Waals surface area contributed by atoms with E-state index in [2.05, 4.69) is 4.98 Å². The van der Waals surface area contributed by atoms with E-state index in [0.29, 0.717) is 6.42 Å². The lowest BCUT2D eigenvalue weighted by Gasteiger charge is -1.91. The van der Waals surface area contributed by atoms with Gasteiger partial charge >= 0.3 is 5.97 Å². The Kier molecular flexibility index (Phi) is 2.41. The quantitative estimate of drug-likeness (QED) is 0.811. The van der Waals surface area contributed by atoms with Crippen LogP contribution in [-0.2, 0) is 11.2 Å². The number of carboxylic acids is 1. The van der Waals surface area contributed by atoms with Crippen molar-refractivity contribution in [1.29, 1.82) is 0 Å². The number of aliphatic carboxylic acids is 1. The second-order valence-corrected chi connectivity index (χ2v) is 3.42. The number of fused-ring (bicyclic) bond motifs is 1. The van der Waals surface area contributed by atoms with Crippen LogP contribution in [0.1, 0.15) is 12.1 Å². The molecule has 0 aliphatic carbocycles. The van der Waals surface area contributed by atoms with E-state index in [4.69, 9.17) is 5.11 Å². The zero-order chi connectivity index (χ0) is 10.8. The molecule has 0 aliphatic rings. The molecule has 1 aromatic heterocycles. The van der Waals surface area contributed by atoms with Crippen LogP contribution in [-0.4, -0.2) is 16.1 Å². The number of carbonyl (C=O) groups is 1. The summed E-state index contributed by atoms with van der Waals surface area (Å²) in [7, 11) is 0. The van der Waals surface area contributed by atoms with E-state index in [-0.39, 0.29) is 12.2 Å². The van der Waals surface area contributed by atoms with Crippen LogP contribution in [0.4, 0.5) is 4.39 Å². The summed E-state index contributed by atoms with van der Waals surface area (Å²) < 4.78 is 12.9. The van der Waals surface area contributed by atoms with Gasteiger partial charge in [0.25, 0.3) is 0 Å². The molecule has 15 heavy (non-hydrogen) atoms. The number of hydrogen-bond donors (Lipinski definition) is 2. The van der Waals surface area contributed by atoms with Crippen molar-refractivity contribution in [2.24, 2.45) is 0 Å². The molecular weight excluding hydrogens is 197 g/mol. The van der Waals surface area contributed by atoms with Gasteiger partial charge in [-0.15, -0.1) is 0 Å². The van der Waals surface area contributed by atoms with E-state index in [0.717, 1.165) is 16.6 Å². The molecule has 0 saturated heterocycles. The molecule has 0 unspecified atom stereocenters. The first-order chi connectivity index (χ1) is 7.15. The van der Waals surface area contributed by atoms with Crippen molar-refractivity contribution in [2.45, 2.75) is 12.8 Å². The van der Waals surface area contributed by atoms with Crippen molar-refractivity contribution in [3.63, 3.8) is 0 Å². The lowest BCUT2D eigenvalue weighted by Crippen LogP contribution is -1.97.